The highest BCUT2D eigenvalue weighted by Gasteiger charge is 2.20. The van der Waals surface area contributed by atoms with E-state index in [0.29, 0.717) is 17.5 Å². The van der Waals surface area contributed by atoms with Crippen molar-refractivity contribution in [3.8, 4) is 55.9 Å². The molecule has 7 heteroatoms. The lowest BCUT2D eigenvalue weighted by atomic mass is 9.96. The summed E-state index contributed by atoms with van der Waals surface area (Å²) in [5.41, 5.74) is 7.43. The average Bonchev–Trinajstić information content (AvgIpc) is 3.94. The first kappa shape index (κ1) is 30.5. The molecule has 248 valence electrons. The van der Waals surface area contributed by atoms with Gasteiger partial charge in [-0.15, -0.1) is 34.0 Å². The van der Waals surface area contributed by atoms with Gasteiger partial charge >= 0.3 is 0 Å². The van der Waals surface area contributed by atoms with Gasteiger partial charge in [0, 0.05) is 62.6 Å². The van der Waals surface area contributed by atoms with Crippen LogP contribution < -0.4 is 0 Å². The van der Waals surface area contributed by atoms with E-state index in [1.165, 1.54) is 45.2 Å². The molecular formula is C46H26N4S3. The third kappa shape index (κ3) is 5.16. The molecule has 53 heavy (non-hydrogen) atoms. The van der Waals surface area contributed by atoms with Crippen molar-refractivity contribution in [3.05, 3.63) is 158 Å². The first-order valence-electron chi connectivity index (χ1n) is 17.4. The summed E-state index contributed by atoms with van der Waals surface area (Å²) in [5.74, 6) is 1.98. The Morgan fingerprint density at radius 1 is 0.321 bits per heavy atom. The summed E-state index contributed by atoms with van der Waals surface area (Å²) in [5, 5.41) is 5.88. The van der Waals surface area contributed by atoms with Crippen LogP contribution in [-0.2, 0) is 0 Å². The number of thiophene rings is 2. The van der Waals surface area contributed by atoms with E-state index in [-0.39, 0.29) is 0 Å². The first-order valence-corrected chi connectivity index (χ1v) is 19.8. The molecule has 0 aliphatic carbocycles. The van der Waals surface area contributed by atoms with Crippen LogP contribution in [0.2, 0.25) is 0 Å². The van der Waals surface area contributed by atoms with Crippen molar-refractivity contribution in [2.75, 3.05) is 0 Å². The highest BCUT2D eigenvalue weighted by atomic mass is 32.1. The molecule has 4 aromatic heterocycles. The maximum atomic E-state index is 5.25. The molecule has 11 rings (SSSR count). The van der Waals surface area contributed by atoms with Gasteiger partial charge in [-0.25, -0.2) is 19.9 Å². The minimum Gasteiger partial charge on any atom is -0.236 e. The van der Waals surface area contributed by atoms with E-state index in [9.17, 15) is 0 Å². The molecule has 0 unspecified atom stereocenters. The maximum absolute atomic E-state index is 5.25. The van der Waals surface area contributed by atoms with Crippen LogP contribution in [0.25, 0.3) is 106 Å². The Morgan fingerprint density at radius 3 is 1.72 bits per heavy atom. The summed E-state index contributed by atoms with van der Waals surface area (Å²) in [7, 11) is 0. The summed E-state index contributed by atoms with van der Waals surface area (Å²) in [6, 6.07) is 55.6. The number of rotatable bonds is 5. The van der Waals surface area contributed by atoms with Crippen LogP contribution in [0.5, 0.6) is 0 Å². The second kappa shape index (κ2) is 12.2. The summed E-state index contributed by atoms with van der Waals surface area (Å²) >= 11 is 5.35. The van der Waals surface area contributed by atoms with Crippen LogP contribution in [0.1, 0.15) is 0 Å². The molecular weight excluding hydrogens is 705 g/mol. The number of benzene rings is 7. The van der Waals surface area contributed by atoms with E-state index in [2.05, 4.69) is 133 Å². The summed E-state index contributed by atoms with van der Waals surface area (Å²) in [6.07, 6.45) is 0. The SMILES string of the molecule is c1ccc(-c2nc(-c3ccc4sc5ccccc5c4c3)nc(-c3cccc4sc5cccc(-c6ccc(-c7nc8ccccc8s7)cc6)c5c34)n2)cc1. The van der Waals surface area contributed by atoms with Gasteiger partial charge in [0.05, 0.1) is 10.2 Å². The van der Waals surface area contributed by atoms with Crippen molar-refractivity contribution in [1.29, 1.82) is 0 Å². The summed E-state index contributed by atoms with van der Waals surface area (Å²) in [6.45, 7) is 0. The standard InChI is InChI=1S/C46H26N4S3/c1-2-10-28(11-3-1)43-48-44(30-24-25-37-34(26-30)32-12-4-6-16-36(32)51-37)50-45(49-43)33-14-9-19-40-42(33)41-31(13-8-18-39(41)52-40)27-20-22-29(23-21-27)46-47-35-15-5-7-17-38(35)53-46/h1-26H. The van der Waals surface area contributed by atoms with Crippen molar-refractivity contribution in [2.45, 2.75) is 0 Å². The Morgan fingerprint density at radius 2 is 0.906 bits per heavy atom. The van der Waals surface area contributed by atoms with Crippen LogP contribution in [0.15, 0.2) is 158 Å². The van der Waals surface area contributed by atoms with E-state index >= 15 is 0 Å². The Hall–Kier alpha value is -6.12. The van der Waals surface area contributed by atoms with E-state index in [1.54, 1.807) is 11.3 Å². The van der Waals surface area contributed by atoms with Gasteiger partial charge in [0.2, 0.25) is 0 Å². The fourth-order valence-corrected chi connectivity index (χ4v) is 10.5. The van der Waals surface area contributed by atoms with Crippen LogP contribution >= 0.6 is 34.0 Å². The van der Waals surface area contributed by atoms with Crippen LogP contribution in [0, 0.1) is 0 Å². The van der Waals surface area contributed by atoms with Gasteiger partial charge < -0.3 is 0 Å². The Balaban J connectivity index is 1.09. The minimum absolute atomic E-state index is 0.656. The zero-order valence-electron chi connectivity index (χ0n) is 28.0. The highest BCUT2D eigenvalue weighted by molar-refractivity contribution is 7.26. The molecule has 4 nitrogen and oxygen atoms in total. The molecule has 0 radical (unpaired) electrons. The number of fused-ring (bicyclic) bond motifs is 7. The van der Waals surface area contributed by atoms with Crippen LogP contribution in [0.4, 0.5) is 0 Å². The van der Waals surface area contributed by atoms with Crippen molar-refractivity contribution in [1.82, 2.24) is 19.9 Å². The molecule has 7 aromatic carbocycles. The summed E-state index contributed by atoms with van der Waals surface area (Å²) < 4.78 is 6.16. The minimum atomic E-state index is 0.656. The quantitative estimate of drug-likeness (QED) is 0.177. The predicted molar refractivity (Wildman–Crippen MR) is 226 cm³/mol. The van der Waals surface area contributed by atoms with E-state index in [1.807, 2.05) is 46.9 Å². The van der Waals surface area contributed by atoms with Gasteiger partial charge in [0.15, 0.2) is 17.5 Å². The molecule has 0 spiro atoms. The first-order chi connectivity index (χ1) is 26.2. The van der Waals surface area contributed by atoms with Crippen LogP contribution in [0.3, 0.4) is 0 Å². The van der Waals surface area contributed by atoms with Gasteiger partial charge in [-0.05, 0) is 59.7 Å². The fourth-order valence-electron chi connectivity index (χ4n) is 7.29. The lowest BCUT2D eigenvalue weighted by Gasteiger charge is -2.11. The normalized spacial score (nSPS) is 11.8. The van der Waals surface area contributed by atoms with Gasteiger partial charge in [0.25, 0.3) is 0 Å². The Kier molecular flexibility index (Phi) is 7.05. The molecule has 0 aliphatic heterocycles. The zero-order valence-corrected chi connectivity index (χ0v) is 30.5. The van der Waals surface area contributed by atoms with Crippen molar-refractivity contribution < 1.29 is 0 Å². The van der Waals surface area contributed by atoms with Gasteiger partial charge in [0.1, 0.15) is 5.01 Å². The topological polar surface area (TPSA) is 51.6 Å². The fraction of sp³-hybridized carbons (Fsp3) is 0. The van der Waals surface area contributed by atoms with E-state index in [0.717, 1.165) is 43.7 Å². The largest absolute Gasteiger partial charge is 0.236 e. The third-order valence-corrected chi connectivity index (χ3v) is 13.2. The van der Waals surface area contributed by atoms with E-state index in [4.69, 9.17) is 19.9 Å². The molecule has 0 fully saturated rings. The third-order valence-electron chi connectivity index (χ3n) is 9.80. The molecule has 0 saturated heterocycles. The number of aromatic nitrogens is 4. The van der Waals surface area contributed by atoms with Gasteiger partial charge in [-0.1, -0.05) is 109 Å². The van der Waals surface area contributed by atoms with Gasteiger partial charge in [-0.3, -0.25) is 0 Å². The number of thiazole rings is 1. The Labute approximate surface area is 316 Å². The second-order valence-corrected chi connectivity index (χ2v) is 16.2. The molecule has 4 heterocycles. The number of nitrogens with zero attached hydrogens (tertiary/aromatic N) is 4. The van der Waals surface area contributed by atoms with Crippen molar-refractivity contribution in [3.63, 3.8) is 0 Å². The molecule has 0 amide bonds. The molecule has 11 aromatic rings. The van der Waals surface area contributed by atoms with Crippen molar-refractivity contribution in [2.24, 2.45) is 0 Å². The summed E-state index contributed by atoms with van der Waals surface area (Å²) in [4.78, 5) is 20.4. The molecule has 0 saturated carbocycles. The predicted octanol–water partition coefficient (Wildman–Crippen LogP) is 13.6. The second-order valence-electron chi connectivity index (χ2n) is 13.0. The van der Waals surface area contributed by atoms with E-state index < -0.39 is 0 Å². The molecule has 0 aliphatic rings. The smallest absolute Gasteiger partial charge is 0.164 e. The zero-order chi connectivity index (χ0) is 34.9. The molecule has 0 N–H and O–H groups in total. The number of para-hydroxylation sites is 1. The highest BCUT2D eigenvalue weighted by Crippen LogP contribution is 2.45. The Bertz CT molecular complexity index is 3140. The number of hydrogen-bond donors (Lipinski definition) is 0. The van der Waals surface area contributed by atoms with Gasteiger partial charge in [-0.2, -0.15) is 0 Å². The van der Waals surface area contributed by atoms with Crippen molar-refractivity contribution >= 4 is 84.6 Å². The average molecular weight is 731 g/mol. The lowest BCUT2D eigenvalue weighted by molar-refractivity contribution is 1.08. The lowest BCUT2D eigenvalue weighted by Crippen LogP contribution is -2.00. The number of hydrogen-bond acceptors (Lipinski definition) is 7. The molecule has 0 atom stereocenters. The monoisotopic (exact) mass is 730 g/mol. The maximum Gasteiger partial charge on any atom is 0.164 e. The van der Waals surface area contributed by atoms with Crippen LogP contribution in [-0.4, -0.2) is 19.9 Å². The molecule has 0 bridgehead atoms.